The van der Waals surface area contributed by atoms with Crippen molar-refractivity contribution in [2.75, 3.05) is 16.4 Å². The molecule has 0 heterocycles. The van der Waals surface area contributed by atoms with E-state index >= 15 is 0 Å². The second-order valence-corrected chi connectivity index (χ2v) is 8.28. The Balaban J connectivity index is 1.51. The van der Waals surface area contributed by atoms with Crippen LogP contribution in [0.4, 0.5) is 11.4 Å². The van der Waals surface area contributed by atoms with Gasteiger partial charge in [0, 0.05) is 16.3 Å². The van der Waals surface area contributed by atoms with Crippen molar-refractivity contribution in [2.45, 2.75) is 17.7 Å². The highest BCUT2D eigenvalue weighted by Crippen LogP contribution is 2.28. The van der Waals surface area contributed by atoms with E-state index in [0.29, 0.717) is 24.2 Å². The van der Waals surface area contributed by atoms with Crippen LogP contribution in [0.1, 0.15) is 23.2 Å². The average molecular weight is 455 g/mol. The fourth-order valence-electron chi connectivity index (χ4n) is 3.32. The van der Waals surface area contributed by atoms with Crippen LogP contribution in [0.3, 0.4) is 0 Å². The molecule has 2 aromatic rings. The number of amides is 2. The molecule has 0 spiro atoms. The van der Waals surface area contributed by atoms with E-state index in [4.69, 9.17) is 5.11 Å². The van der Waals surface area contributed by atoms with Gasteiger partial charge in [0.15, 0.2) is 0 Å². The summed E-state index contributed by atoms with van der Waals surface area (Å²) in [6, 6.07) is 12.9. The number of allylic oxidation sites excluding steroid dienone is 2. The van der Waals surface area contributed by atoms with Crippen LogP contribution in [0.2, 0.25) is 0 Å². The first-order valence-electron chi connectivity index (χ1n) is 9.88. The number of hydrogen-bond acceptors (Lipinski definition) is 5. The van der Waals surface area contributed by atoms with Gasteiger partial charge in [-0.1, -0.05) is 18.2 Å². The summed E-state index contributed by atoms with van der Waals surface area (Å²) in [4.78, 5) is 47.9. The van der Waals surface area contributed by atoms with Crippen LogP contribution >= 0.6 is 11.8 Å². The lowest BCUT2D eigenvalue weighted by atomic mass is 9.82. The van der Waals surface area contributed by atoms with Crippen molar-refractivity contribution in [3.63, 3.8) is 0 Å². The van der Waals surface area contributed by atoms with Gasteiger partial charge in [0.2, 0.25) is 11.8 Å². The Morgan fingerprint density at radius 2 is 1.56 bits per heavy atom. The second kappa shape index (κ2) is 10.6. The maximum Gasteiger partial charge on any atom is 0.335 e. The molecule has 2 amide bonds. The molecule has 32 heavy (non-hydrogen) atoms. The molecule has 0 bridgehead atoms. The molecule has 0 radical (unpaired) electrons. The number of aromatic carboxylic acids is 1. The van der Waals surface area contributed by atoms with Gasteiger partial charge in [0.25, 0.3) is 0 Å². The summed E-state index contributed by atoms with van der Waals surface area (Å²) in [5, 5.41) is 23.8. The van der Waals surface area contributed by atoms with Crippen molar-refractivity contribution in [1.82, 2.24) is 0 Å². The number of carbonyl (C=O) groups is 4. The normalized spacial score (nSPS) is 17.4. The minimum Gasteiger partial charge on any atom is -0.481 e. The maximum absolute atomic E-state index is 12.5. The number of rotatable bonds is 8. The minimum atomic E-state index is -1.07. The van der Waals surface area contributed by atoms with Crippen LogP contribution in [-0.4, -0.2) is 39.7 Å². The molecule has 0 aromatic heterocycles. The number of hydrogen-bond donors (Lipinski definition) is 4. The molecular weight excluding hydrogens is 432 g/mol. The van der Waals surface area contributed by atoms with E-state index in [9.17, 15) is 24.3 Å². The Bertz CT molecular complexity index is 1050. The Kier molecular flexibility index (Phi) is 7.67. The first kappa shape index (κ1) is 23.1. The fraction of sp³-hybridized carbons (Fsp3) is 0.217. The maximum atomic E-state index is 12.5. The van der Waals surface area contributed by atoms with Crippen molar-refractivity contribution in [3.8, 4) is 0 Å². The van der Waals surface area contributed by atoms with Gasteiger partial charge >= 0.3 is 11.9 Å². The molecule has 9 heteroatoms. The molecule has 1 aliphatic carbocycles. The Morgan fingerprint density at radius 3 is 2.22 bits per heavy atom. The number of benzene rings is 2. The highest BCUT2D eigenvalue weighted by Gasteiger charge is 2.33. The highest BCUT2D eigenvalue weighted by molar-refractivity contribution is 8.00. The van der Waals surface area contributed by atoms with Crippen LogP contribution in [0.25, 0.3) is 0 Å². The molecule has 8 nitrogen and oxygen atoms in total. The zero-order chi connectivity index (χ0) is 23.1. The van der Waals surface area contributed by atoms with Gasteiger partial charge in [0.1, 0.15) is 0 Å². The van der Waals surface area contributed by atoms with E-state index in [1.807, 2.05) is 6.08 Å². The summed E-state index contributed by atoms with van der Waals surface area (Å²) < 4.78 is 0. The summed E-state index contributed by atoms with van der Waals surface area (Å²) in [7, 11) is 0. The molecule has 0 saturated heterocycles. The molecular formula is C23H22N2O6S. The third kappa shape index (κ3) is 6.21. The lowest BCUT2D eigenvalue weighted by Crippen LogP contribution is -2.34. The van der Waals surface area contributed by atoms with Gasteiger partial charge in [-0.25, -0.2) is 4.79 Å². The number of nitrogens with one attached hydrogen (secondary N) is 2. The van der Waals surface area contributed by atoms with E-state index in [1.54, 1.807) is 42.5 Å². The molecule has 3 rings (SSSR count). The van der Waals surface area contributed by atoms with Crippen LogP contribution in [-0.2, 0) is 14.4 Å². The Morgan fingerprint density at radius 1 is 0.875 bits per heavy atom. The van der Waals surface area contributed by atoms with Gasteiger partial charge in [0.05, 0.1) is 23.2 Å². The molecule has 2 aromatic carbocycles. The van der Waals surface area contributed by atoms with Crippen molar-refractivity contribution in [1.29, 1.82) is 0 Å². The largest absolute Gasteiger partial charge is 0.481 e. The molecule has 2 atom stereocenters. The van der Waals surface area contributed by atoms with Crippen molar-refractivity contribution in [3.05, 3.63) is 66.2 Å². The van der Waals surface area contributed by atoms with E-state index in [0.717, 1.165) is 4.90 Å². The number of carbonyl (C=O) groups excluding carboxylic acids is 2. The molecule has 2 unspecified atom stereocenters. The van der Waals surface area contributed by atoms with Crippen molar-refractivity contribution >= 4 is 46.9 Å². The van der Waals surface area contributed by atoms with Crippen LogP contribution in [0, 0.1) is 11.8 Å². The topological polar surface area (TPSA) is 133 Å². The molecule has 0 aliphatic heterocycles. The first-order chi connectivity index (χ1) is 15.3. The second-order valence-electron chi connectivity index (χ2n) is 7.23. The predicted octanol–water partition coefficient (Wildman–Crippen LogP) is 3.72. The van der Waals surface area contributed by atoms with Gasteiger partial charge in [-0.05, 0) is 55.3 Å². The third-order valence-corrected chi connectivity index (χ3v) is 5.98. The molecule has 166 valence electrons. The van der Waals surface area contributed by atoms with Crippen LogP contribution < -0.4 is 10.6 Å². The van der Waals surface area contributed by atoms with Crippen LogP contribution in [0.5, 0.6) is 0 Å². The lowest BCUT2D eigenvalue weighted by Gasteiger charge is -2.24. The summed E-state index contributed by atoms with van der Waals surface area (Å²) in [6.07, 6.45) is 4.34. The van der Waals surface area contributed by atoms with E-state index in [1.165, 1.54) is 23.9 Å². The highest BCUT2D eigenvalue weighted by atomic mass is 32.2. The SMILES string of the molecule is O=C(CSc1ccc(NC(=O)C2CC=CCC2C(=O)O)cc1)Nc1cccc(C(=O)O)c1. The first-order valence-corrected chi connectivity index (χ1v) is 10.9. The van der Waals surface area contributed by atoms with Gasteiger partial charge in [-0.2, -0.15) is 0 Å². The number of thioether (sulfide) groups is 1. The van der Waals surface area contributed by atoms with Crippen LogP contribution in [0.15, 0.2) is 65.6 Å². The third-order valence-electron chi connectivity index (χ3n) is 4.97. The fourth-order valence-corrected chi connectivity index (χ4v) is 4.02. The predicted molar refractivity (Wildman–Crippen MR) is 121 cm³/mol. The Hall–Kier alpha value is -3.59. The smallest absolute Gasteiger partial charge is 0.335 e. The Labute approximate surface area is 188 Å². The monoisotopic (exact) mass is 454 g/mol. The number of carboxylic acid groups (broad SMARTS) is 2. The molecule has 1 aliphatic rings. The van der Waals surface area contributed by atoms with Gasteiger partial charge < -0.3 is 20.8 Å². The number of aliphatic carboxylic acids is 1. The number of anilines is 2. The quantitative estimate of drug-likeness (QED) is 0.353. The standard InChI is InChI=1S/C23H22N2O6S/c26-20(24-16-5-3-4-14(12-16)22(28)29)13-32-17-10-8-15(9-11-17)25-21(27)18-6-1-2-7-19(18)23(30)31/h1-5,8-12,18-19H,6-7,13H2,(H,24,26)(H,25,27)(H,28,29)(H,30,31). The van der Waals surface area contributed by atoms with Crippen molar-refractivity contribution < 1.29 is 29.4 Å². The van der Waals surface area contributed by atoms with Gasteiger partial charge in [-0.3, -0.25) is 14.4 Å². The minimum absolute atomic E-state index is 0.0898. The van der Waals surface area contributed by atoms with E-state index in [-0.39, 0.29) is 23.1 Å². The van der Waals surface area contributed by atoms with Crippen molar-refractivity contribution in [2.24, 2.45) is 11.8 Å². The molecule has 4 N–H and O–H groups in total. The molecule has 0 fully saturated rings. The average Bonchev–Trinajstić information content (AvgIpc) is 2.78. The van der Waals surface area contributed by atoms with Gasteiger partial charge in [-0.15, -0.1) is 11.8 Å². The summed E-state index contributed by atoms with van der Waals surface area (Å²) >= 11 is 1.29. The zero-order valence-corrected chi connectivity index (χ0v) is 17.8. The lowest BCUT2D eigenvalue weighted by molar-refractivity contribution is -0.146. The zero-order valence-electron chi connectivity index (χ0n) is 17.0. The van der Waals surface area contributed by atoms with E-state index in [2.05, 4.69) is 10.6 Å². The molecule has 0 saturated carbocycles. The number of carboxylic acids is 2. The summed E-state index contributed by atoms with van der Waals surface area (Å²) in [5.74, 6) is -3.88. The van der Waals surface area contributed by atoms with E-state index < -0.39 is 23.8 Å². The summed E-state index contributed by atoms with van der Waals surface area (Å²) in [6.45, 7) is 0. The summed E-state index contributed by atoms with van der Waals surface area (Å²) in [5.41, 5.74) is 1.05.